The predicted molar refractivity (Wildman–Crippen MR) is 112 cm³/mol. The third kappa shape index (κ3) is 4.60. The number of Topliss-reactive ketones (excluding diaryl/α,β-unsaturated/α-hetero) is 1. The highest BCUT2D eigenvalue weighted by atomic mass is 32.2. The molecule has 0 spiro atoms. The highest BCUT2D eigenvalue weighted by Crippen LogP contribution is 2.31. The fraction of sp³-hybridized carbons (Fsp3) is 0.250. The van der Waals surface area contributed by atoms with E-state index in [1.165, 1.54) is 30.0 Å². The zero-order valence-electron chi connectivity index (χ0n) is 16.7. The van der Waals surface area contributed by atoms with Crippen LogP contribution in [0, 0.1) is 10.1 Å². The molecular formula is C20H20N4O5S. The Labute approximate surface area is 177 Å². The number of nitro groups is 1. The smallest absolute Gasteiger partial charge is 0.270 e. The largest absolute Gasteiger partial charge is 0.497 e. The van der Waals surface area contributed by atoms with Gasteiger partial charge in [-0.25, -0.2) is 0 Å². The number of non-ortho nitro benzene ring substituents is 1. The van der Waals surface area contributed by atoms with Crippen LogP contribution in [0.5, 0.6) is 11.5 Å². The van der Waals surface area contributed by atoms with Crippen molar-refractivity contribution in [2.75, 3.05) is 20.0 Å². The second-order valence-electron chi connectivity index (χ2n) is 6.17. The highest BCUT2D eigenvalue weighted by molar-refractivity contribution is 7.99. The molecule has 0 bridgehead atoms. The lowest BCUT2D eigenvalue weighted by molar-refractivity contribution is -0.384. The van der Waals surface area contributed by atoms with Crippen LogP contribution in [0.15, 0.2) is 47.6 Å². The van der Waals surface area contributed by atoms with Crippen LogP contribution in [0.2, 0.25) is 0 Å². The average Bonchev–Trinajstić information content (AvgIpc) is 3.19. The number of nitro benzene ring substituents is 1. The molecule has 0 unspecified atom stereocenters. The molecular weight excluding hydrogens is 408 g/mol. The molecule has 0 radical (unpaired) electrons. The first-order chi connectivity index (χ1) is 14.5. The van der Waals surface area contributed by atoms with E-state index in [9.17, 15) is 14.9 Å². The minimum Gasteiger partial charge on any atom is -0.497 e. The molecule has 0 aliphatic rings. The fourth-order valence-corrected chi connectivity index (χ4v) is 3.73. The maximum atomic E-state index is 12.5. The number of hydrogen-bond donors (Lipinski definition) is 0. The number of thioether (sulfide) groups is 1. The molecule has 3 rings (SSSR count). The molecule has 156 valence electrons. The van der Waals surface area contributed by atoms with Crippen molar-refractivity contribution in [3.05, 3.63) is 58.1 Å². The Kier molecular flexibility index (Phi) is 6.68. The quantitative estimate of drug-likeness (QED) is 0.219. The number of hydrogen-bond acceptors (Lipinski definition) is 8. The lowest BCUT2D eigenvalue weighted by atomic mass is 10.1. The summed E-state index contributed by atoms with van der Waals surface area (Å²) < 4.78 is 12.5. The Morgan fingerprint density at radius 2 is 1.83 bits per heavy atom. The van der Waals surface area contributed by atoms with E-state index in [4.69, 9.17) is 9.47 Å². The summed E-state index contributed by atoms with van der Waals surface area (Å²) in [6.45, 7) is 2.55. The Hall–Kier alpha value is -3.40. The van der Waals surface area contributed by atoms with Crippen LogP contribution < -0.4 is 9.47 Å². The summed E-state index contributed by atoms with van der Waals surface area (Å²) in [7, 11) is 3.15. The van der Waals surface area contributed by atoms with Crippen molar-refractivity contribution in [2.45, 2.75) is 18.6 Å². The Morgan fingerprint density at radius 1 is 1.13 bits per heavy atom. The molecule has 0 saturated heterocycles. The summed E-state index contributed by atoms with van der Waals surface area (Å²) in [5.74, 6) is 1.75. The molecule has 0 saturated carbocycles. The molecule has 0 fully saturated rings. The van der Waals surface area contributed by atoms with Gasteiger partial charge in [-0.15, -0.1) is 10.2 Å². The van der Waals surface area contributed by atoms with Gasteiger partial charge in [0.2, 0.25) is 0 Å². The molecule has 10 heteroatoms. The summed E-state index contributed by atoms with van der Waals surface area (Å²) in [6.07, 6.45) is 0. The normalized spacial score (nSPS) is 10.6. The van der Waals surface area contributed by atoms with E-state index in [0.717, 1.165) is 5.56 Å². The maximum Gasteiger partial charge on any atom is 0.270 e. The SMILES string of the molecule is CCn1c(SCC(=O)c2cccc([N+](=O)[O-])c2)nnc1-c1cc(OC)cc(OC)c1. The number of carbonyl (C=O) groups is 1. The Morgan fingerprint density at radius 3 is 2.43 bits per heavy atom. The van der Waals surface area contributed by atoms with E-state index in [2.05, 4.69) is 10.2 Å². The second-order valence-corrected chi connectivity index (χ2v) is 7.11. The van der Waals surface area contributed by atoms with Crippen LogP contribution in [0.1, 0.15) is 17.3 Å². The van der Waals surface area contributed by atoms with Gasteiger partial charge in [-0.3, -0.25) is 14.9 Å². The maximum absolute atomic E-state index is 12.5. The molecule has 0 atom stereocenters. The summed E-state index contributed by atoms with van der Waals surface area (Å²) in [6, 6.07) is 11.1. The van der Waals surface area contributed by atoms with Gasteiger partial charge >= 0.3 is 0 Å². The zero-order chi connectivity index (χ0) is 21.7. The number of benzene rings is 2. The molecule has 2 aromatic carbocycles. The van der Waals surface area contributed by atoms with Gasteiger partial charge in [0.25, 0.3) is 5.69 Å². The van der Waals surface area contributed by atoms with Crippen molar-refractivity contribution in [1.29, 1.82) is 0 Å². The monoisotopic (exact) mass is 428 g/mol. The van der Waals surface area contributed by atoms with Crippen LogP contribution in [0.3, 0.4) is 0 Å². The lowest BCUT2D eigenvalue weighted by Crippen LogP contribution is -2.05. The standard InChI is InChI=1S/C20H20N4O5S/c1-4-23-19(14-9-16(28-2)11-17(10-14)29-3)21-22-20(23)30-12-18(25)13-6-5-7-15(8-13)24(26)27/h5-11H,4,12H2,1-3H3. The zero-order valence-corrected chi connectivity index (χ0v) is 17.5. The second kappa shape index (κ2) is 9.40. The van der Waals surface area contributed by atoms with Crippen molar-refractivity contribution >= 4 is 23.2 Å². The van der Waals surface area contributed by atoms with E-state index in [1.54, 1.807) is 26.4 Å². The minimum absolute atomic E-state index is 0.0841. The molecule has 30 heavy (non-hydrogen) atoms. The number of nitrogens with zero attached hydrogens (tertiary/aromatic N) is 4. The number of ketones is 1. The average molecular weight is 428 g/mol. The van der Waals surface area contributed by atoms with Crippen molar-refractivity contribution < 1.29 is 19.2 Å². The summed E-state index contributed by atoms with van der Waals surface area (Å²) in [4.78, 5) is 22.9. The van der Waals surface area contributed by atoms with E-state index in [-0.39, 0.29) is 22.8 Å². The number of rotatable bonds is 9. The number of ether oxygens (including phenoxy) is 2. The van der Waals surface area contributed by atoms with Gasteiger partial charge in [0.05, 0.1) is 24.9 Å². The highest BCUT2D eigenvalue weighted by Gasteiger charge is 2.18. The van der Waals surface area contributed by atoms with Crippen molar-refractivity contribution in [2.24, 2.45) is 0 Å². The van der Waals surface area contributed by atoms with E-state index in [1.807, 2.05) is 23.6 Å². The third-order valence-electron chi connectivity index (χ3n) is 4.35. The number of carbonyl (C=O) groups excluding carboxylic acids is 1. The molecule has 1 aromatic heterocycles. The van der Waals surface area contributed by atoms with Gasteiger partial charge in [0, 0.05) is 35.9 Å². The van der Waals surface area contributed by atoms with E-state index in [0.29, 0.717) is 29.0 Å². The van der Waals surface area contributed by atoms with Gasteiger partial charge in [-0.05, 0) is 19.1 Å². The minimum atomic E-state index is -0.522. The van der Waals surface area contributed by atoms with Gasteiger partial charge in [-0.1, -0.05) is 23.9 Å². The first-order valence-electron chi connectivity index (χ1n) is 9.04. The summed E-state index contributed by atoms with van der Waals surface area (Å²) in [5.41, 5.74) is 0.950. The van der Waals surface area contributed by atoms with Gasteiger partial charge in [-0.2, -0.15) is 0 Å². The predicted octanol–water partition coefficient (Wildman–Crippen LogP) is 3.87. The lowest BCUT2D eigenvalue weighted by Gasteiger charge is -2.10. The fourth-order valence-electron chi connectivity index (χ4n) is 2.84. The van der Waals surface area contributed by atoms with Crippen molar-refractivity contribution in [3.8, 4) is 22.9 Å². The van der Waals surface area contributed by atoms with Crippen LogP contribution in [0.4, 0.5) is 5.69 Å². The summed E-state index contributed by atoms with van der Waals surface area (Å²) in [5, 5.41) is 20.0. The molecule has 3 aromatic rings. The van der Waals surface area contributed by atoms with Crippen molar-refractivity contribution in [3.63, 3.8) is 0 Å². The first kappa shape index (κ1) is 21.3. The molecule has 1 heterocycles. The number of aromatic nitrogens is 3. The molecule has 0 aliphatic heterocycles. The van der Waals surface area contributed by atoms with Gasteiger partial charge in [0.15, 0.2) is 16.8 Å². The van der Waals surface area contributed by atoms with Gasteiger partial charge in [0.1, 0.15) is 11.5 Å². The van der Waals surface area contributed by atoms with Crippen LogP contribution in [0.25, 0.3) is 11.4 Å². The third-order valence-corrected chi connectivity index (χ3v) is 5.32. The van der Waals surface area contributed by atoms with Crippen LogP contribution in [-0.2, 0) is 6.54 Å². The van der Waals surface area contributed by atoms with E-state index < -0.39 is 4.92 Å². The van der Waals surface area contributed by atoms with E-state index >= 15 is 0 Å². The van der Waals surface area contributed by atoms with Crippen LogP contribution >= 0.6 is 11.8 Å². The van der Waals surface area contributed by atoms with Crippen LogP contribution in [-0.4, -0.2) is 45.4 Å². The summed E-state index contributed by atoms with van der Waals surface area (Å²) >= 11 is 1.23. The van der Waals surface area contributed by atoms with Crippen molar-refractivity contribution in [1.82, 2.24) is 14.8 Å². The Bertz CT molecular complexity index is 1060. The first-order valence-corrected chi connectivity index (χ1v) is 10.0. The van der Waals surface area contributed by atoms with Gasteiger partial charge < -0.3 is 14.0 Å². The molecule has 0 N–H and O–H groups in total. The molecule has 0 amide bonds. The topological polar surface area (TPSA) is 109 Å². The number of methoxy groups -OCH3 is 2. The molecule has 0 aliphatic carbocycles. The molecule has 9 nitrogen and oxygen atoms in total. The Balaban J connectivity index is 1.82.